The van der Waals surface area contributed by atoms with Gasteiger partial charge in [-0.2, -0.15) is 0 Å². The summed E-state index contributed by atoms with van der Waals surface area (Å²) in [5, 5.41) is 41.3. The minimum atomic E-state index is -0.770. The maximum atomic E-state index is 10.1. The van der Waals surface area contributed by atoms with Gasteiger partial charge in [0, 0.05) is 12.6 Å². The SMILES string of the molecule is C[C@H](Cc1ccc(O)cc1)NC[C@H](O)c1ccc(O)c(O)c1. The lowest BCUT2D eigenvalue weighted by atomic mass is 10.1. The van der Waals surface area contributed by atoms with Crippen molar-refractivity contribution in [2.45, 2.75) is 25.5 Å². The van der Waals surface area contributed by atoms with Crippen molar-refractivity contribution < 1.29 is 20.4 Å². The Kier molecular flexibility index (Phi) is 5.25. The highest BCUT2D eigenvalue weighted by Gasteiger charge is 2.12. The number of aliphatic hydroxyl groups is 1. The zero-order valence-electron chi connectivity index (χ0n) is 12.4. The zero-order chi connectivity index (χ0) is 16.1. The molecule has 5 nitrogen and oxygen atoms in total. The van der Waals surface area contributed by atoms with Crippen molar-refractivity contribution in [3.05, 3.63) is 53.6 Å². The van der Waals surface area contributed by atoms with Gasteiger partial charge in [0.1, 0.15) is 5.75 Å². The summed E-state index contributed by atoms with van der Waals surface area (Å²) in [5.74, 6) is -0.203. The molecular formula is C17H21NO4. The molecule has 5 heteroatoms. The number of aliphatic hydroxyl groups excluding tert-OH is 1. The molecule has 0 aliphatic rings. The average Bonchev–Trinajstić information content (AvgIpc) is 2.50. The van der Waals surface area contributed by atoms with Gasteiger partial charge in [-0.3, -0.25) is 0 Å². The summed E-state index contributed by atoms with van der Waals surface area (Å²) in [6, 6.07) is 11.5. The minimum Gasteiger partial charge on any atom is -0.508 e. The molecule has 5 N–H and O–H groups in total. The van der Waals surface area contributed by atoms with Crippen molar-refractivity contribution >= 4 is 0 Å². The fourth-order valence-electron chi connectivity index (χ4n) is 2.24. The average molecular weight is 303 g/mol. The minimum absolute atomic E-state index is 0.143. The highest BCUT2D eigenvalue weighted by atomic mass is 16.3. The summed E-state index contributed by atoms with van der Waals surface area (Å²) in [6.45, 7) is 2.34. The topological polar surface area (TPSA) is 93.0 Å². The second-order valence-corrected chi connectivity index (χ2v) is 5.44. The first-order valence-corrected chi connectivity index (χ1v) is 7.17. The van der Waals surface area contributed by atoms with E-state index in [1.807, 2.05) is 19.1 Å². The molecule has 2 atom stereocenters. The van der Waals surface area contributed by atoms with Crippen LogP contribution < -0.4 is 5.32 Å². The summed E-state index contributed by atoms with van der Waals surface area (Å²) in [6.07, 6.45) is 0.00200. The molecule has 0 saturated heterocycles. The van der Waals surface area contributed by atoms with E-state index in [1.165, 1.54) is 12.1 Å². The second-order valence-electron chi connectivity index (χ2n) is 5.44. The normalized spacial score (nSPS) is 13.7. The van der Waals surface area contributed by atoms with Gasteiger partial charge in [-0.15, -0.1) is 0 Å². The lowest BCUT2D eigenvalue weighted by molar-refractivity contribution is 0.170. The van der Waals surface area contributed by atoms with Crippen molar-refractivity contribution in [1.29, 1.82) is 0 Å². The van der Waals surface area contributed by atoms with Crippen LogP contribution in [-0.2, 0) is 6.42 Å². The van der Waals surface area contributed by atoms with Crippen LogP contribution in [0.15, 0.2) is 42.5 Å². The van der Waals surface area contributed by atoms with E-state index in [9.17, 15) is 20.4 Å². The fourth-order valence-corrected chi connectivity index (χ4v) is 2.24. The van der Waals surface area contributed by atoms with Gasteiger partial charge in [0.05, 0.1) is 6.10 Å². The first-order chi connectivity index (χ1) is 10.5. The molecule has 0 saturated carbocycles. The van der Waals surface area contributed by atoms with E-state index in [4.69, 9.17) is 0 Å². The van der Waals surface area contributed by atoms with Crippen molar-refractivity contribution in [2.75, 3.05) is 6.54 Å². The Bertz CT molecular complexity index is 613. The van der Waals surface area contributed by atoms with Gasteiger partial charge in [0.2, 0.25) is 0 Å². The molecule has 0 aromatic heterocycles. The molecule has 2 aromatic carbocycles. The van der Waals surface area contributed by atoms with Gasteiger partial charge in [-0.05, 0) is 48.7 Å². The van der Waals surface area contributed by atoms with Crippen LogP contribution in [0.4, 0.5) is 0 Å². The number of phenols is 3. The van der Waals surface area contributed by atoms with E-state index in [1.54, 1.807) is 18.2 Å². The highest BCUT2D eigenvalue weighted by Crippen LogP contribution is 2.27. The first kappa shape index (κ1) is 16.1. The third-order valence-corrected chi connectivity index (χ3v) is 3.52. The number of aromatic hydroxyl groups is 3. The number of benzene rings is 2. The predicted molar refractivity (Wildman–Crippen MR) is 84.0 cm³/mol. The summed E-state index contributed by atoms with van der Waals surface area (Å²) < 4.78 is 0. The van der Waals surface area contributed by atoms with E-state index in [2.05, 4.69) is 5.32 Å². The molecule has 0 aliphatic heterocycles. The zero-order valence-corrected chi connectivity index (χ0v) is 12.4. The van der Waals surface area contributed by atoms with E-state index < -0.39 is 6.10 Å². The van der Waals surface area contributed by atoms with Crippen LogP contribution in [0.1, 0.15) is 24.2 Å². The maximum Gasteiger partial charge on any atom is 0.157 e. The van der Waals surface area contributed by atoms with Crippen molar-refractivity contribution in [3.63, 3.8) is 0 Å². The number of hydrogen-bond acceptors (Lipinski definition) is 5. The van der Waals surface area contributed by atoms with Gasteiger partial charge in [0.25, 0.3) is 0 Å². The van der Waals surface area contributed by atoms with Crippen LogP contribution in [0.5, 0.6) is 17.2 Å². The Morgan fingerprint density at radius 2 is 1.64 bits per heavy atom. The Balaban J connectivity index is 1.85. The molecule has 0 radical (unpaired) electrons. The molecule has 0 heterocycles. The van der Waals surface area contributed by atoms with E-state index in [0.29, 0.717) is 12.1 Å². The molecule has 0 unspecified atom stereocenters. The number of hydrogen-bond donors (Lipinski definition) is 5. The molecule has 0 bridgehead atoms. The van der Waals surface area contributed by atoms with Crippen molar-refractivity contribution in [2.24, 2.45) is 0 Å². The Morgan fingerprint density at radius 1 is 0.955 bits per heavy atom. The van der Waals surface area contributed by atoms with Crippen molar-refractivity contribution in [3.8, 4) is 17.2 Å². The van der Waals surface area contributed by atoms with Crippen molar-refractivity contribution in [1.82, 2.24) is 5.32 Å². The largest absolute Gasteiger partial charge is 0.508 e. The van der Waals surface area contributed by atoms with E-state index in [0.717, 1.165) is 12.0 Å². The van der Waals surface area contributed by atoms with Crippen LogP contribution in [0, 0.1) is 0 Å². The summed E-state index contributed by atoms with van der Waals surface area (Å²) in [4.78, 5) is 0. The molecule has 0 aliphatic carbocycles. The smallest absolute Gasteiger partial charge is 0.157 e. The third kappa shape index (κ3) is 4.38. The number of rotatable bonds is 6. The van der Waals surface area contributed by atoms with Crippen LogP contribution in [0.2, 0.25) is 0 Å². The molecule has 118 valence electrons. The Labute approximate surface area is 129 Å². The predicted octanol–water partition coefficient (Wildman–Crippen LogP) is 2.06. The van der Waals surface area contributed by atoms with Crippen LogP contribution in [0.25, 0.3) is 0 Å². The molecule has 2 rings (SSSR count). The number of nitrogens with one attached hydrogen (secondary N) is 1. The van der Waals surface area contributed by atoms with Gasteiger partial charge in [0.15, 0.2) is 11.5 Å². The second kappa shape index (κ2) is 7.15. The van der Waals surface area contributed by atoms with Crippen LogP contribution in [0.3, 0.4) is 0 Å². The van der Waals surface area contributed by atoms with Crippen LogP contribution in [-0.4, -0.2) is 33.0 Å². The Morgan fingerprint density at radius 3 is 2.27 bits per heavy atom. The maximum absolute atomic E-state index is 10.1. The lowest BCUT2D eigenvalue weighted by Crippen LogP contribution is -2.32. The standard InChI is InChI=1S/C17H21NO4/c1-11(8-12-2-5-14(19)6-3-12)18-10-17(22)13-4-7-15(20)16(21)9-13/h2-7,9,11,17-22H,8,10H2,1H3/t11-,17+/m1/s1. The molecule has 0 spiro atoms. The Hall–Kier alpha value is -2.24. The quantitative estimate of drug-likeness (QED) is 0.527. The fraction of sp³-hybridized carbons (Fsp3) is 0.294. The monoisotopic (exact) mass is 303 g/mol. The van der Waals surface area contributed by atoms with E-state index >= 15 is 0 Å². The van der Waals surface area contributed by atoms with E-state index in [-0.39, 0.29) is 23.3 Å². The summed E-state index contributed by atoms with van der Waals surface area (Å²) >= 11 is 0. The summed E-state index contributed by atoms with van der Waals surface area (Å²) in [5.41, 5.74) is 1.63. The third-order valence-electron chi connectivity index (χ3n) is 3.52. The first-order valence-electron chi connectivity index (χ1n) is 7.17. The molecule has 0 fully saturated rings. The molecule has 0 amide bonds. The van der Waals surface area contributed by atoms with Crippen LogP contribution >= 0.6 is 0 Å². The molecule has 22 heavy (non-hydrogen) atoms. The lowest BCUT2D eigenvalue weighted by Gasteiger charge is -2.18. The van der Waals surface area contributed by atoms with Gasteiger partial charge in [-0.1, -0.05) is 18.2 Å². The van der Waals surface area contributed by atoms with Gasteiger partial charge < -0.3 is 25.7 Å². The molecule has 2 aromatic rings. The van der Waals surface area contributed by atoms with Gasteiger partial charge >= 0.3 is 0 Å². The van der Waals surface area contributed by atoms with Gasteiger partial charge in [-0.25, -0.2) is 0 Å². The molecular weight excluding hydrogens is 282 g/mol. The summed E-state index contributed by atoms with van der Waals surface area (Å²) in [7, 11) is 0. The number of phenolic OH excluding ortho intramolecular Hbond substituents is 3. The highest BCUT2D eigenvalue weighted by molar-refractivity contribution is 5.41.